The minimum atomic E-state index is -5.24. The van der Waals surface area contributed by atoms with Gasteiger partial charge in [0.2, 0.25) is 77.3 Å². The molecule has 1 spiro atoms. The highest BCUT2D eigenvalue weighted by molar-refractivity contribution is 6.01. The topological polar surface area (TPSA) is 279 Å². The first-order valence-electron chi connectivity index (χ1n) is 39.6. The maximum absolute atomic E-state index is 15.8. The number of halogens is 10. The lowest BCUT2D eigenvalue weighted by atomic mass is 9.58. The minimum Gasteiger partial charge on any atom is -0.377 e. The second-order valence-corrected chi connectivity index (χ2v) is 33.3. The summed E-state index contributed by atoms with van der Waals surface area (Å²) in [6.07, 6.45) is -19.4. The van der Waals surface area contributed by atoms with Crippen LogP contribution < -0.4 is 16.0 Å². The molecule has 2 bridgehead atoms. The number of hydrogen-bond acceptors (Lipinski definition) is 13. The monoisotopic (exact) mass is 1610 g/mol. The summed E-state index contributed by atoms with van der Waals surface area (Å²) in [7, 11) is 8.74. The van der Waals surface area contributed by atoms with E-state index in [4.69, 9.17) is 4.74 Å². The number of nitrogens with one attached hydrogen (secondary N) is 3. The van der Waals surface area contributed by atoms with Crippen LogP contribution in [0.2, 0.25) is 0 Å². The maximum atomic E-state index is 15.8. The summed E-state index contributed by atoms with van der Waals surface area (Å²) in [5.41, 5.74) is -2.48. The molecule has 112 heavy (non-hydrogen) atoms. The van der Waals surface area contributed by atoms with Gasteiger partial charge in [0.1, 0.15) is 72.1 Å². The Labute approximate surface area is 650 Å². The number of nitrogens with zero attached hydrogens (tertiary/aromatic N) is 9. The summed E-state index contributed by atoms with van der Waals surface area (Å²) in [5, 5.41) is 8.10. The summed E-state index contributed by atoms with van der Waals surface area (Å²) in [6, 6.07) is -12.9. The van der Waals surface area contributed by atoms with E-state index < -0.39 is 248 Å². The molecule has 12 amide bonds. The van der Waals surface area contributed by atoms with Crippen molar-refractivity contribution in [1.29, 1.82) is 0 Å². The summed E-state index contributed by atoms with van der Waals surface area (Å²) < 4.78 is 151. The van der Waals surface area contributed by atoms with Crippen molar-refractivity contribution in [2.24, 2.45) is 40.9 Å². The first-order valence-corrected chi connectivity index (χ1v) is 39.6. The Kier molecular flexibility index (Phi) is 31.9. The van der Waals surface area contributed by atoms with E-state index in [1.807, 2.05) is 13.8 Å². The smallest absolute Gasteiger partial charge is 0.377 e. The maximum Gasteiger partial charge on any atom is 0.397 e. The van der Waals surface area contributed by atoms with Gasteiger partial charge < -0.3 is 64.8 Å². The molecule has 12 atom stereocenters. The molecule has 7 rings (SSSR count). The molecule has 634 valence electrons. The van der Waals surface area contributed by atoms with Crippen molar-refractivity contribution in [3.8, 4) is 0 Å². The molecule has 0 aromatic heterocycles. The molecular formula is C77H118F10N12O13. The Balaban J connectivity index is 1.35. The zero-order chi connectivity index (χ0) is 83.6. The Morgan fingerprint density at radius 1 is 0.661 bits per heavy atom. The number of hydrogen-bond donors (Lipinski definition) is 3. The third kappa shape index (κ3) is 22.4. The van der Waals surface area contributed by atoms with E-state index in [1.54, 1.807) is 39.8 Å². The van der Waals surface area contributed by atoms with Crippen molar-refractivity contribution in [3.63, 3.8) is 0 Å². The van der Waals surface area contributed by atoms with Crippen molar-refractivity contribution in [2.75, 3.05) is 88.7 Å². The molecule has 6 fully saturated rings. The van der Waals surface area contributed by atoms with Gasteiger partial charge in [0.25, 0.3) is 0 Å². The normalized spacial score (nSPS) is 31.8. The molecule has 35 heteroatoms. The number of carbonyl (C=O) groups is 12. The lowest BCUT2D eigenvalue weighted by molar-refractivity contribution is -0.219. The highest BCUT2D eigenvalue weighted by atomic mass is 19.4. The van der Waals surface area contributed by atoms with Gasteiger partial charge >= 0.3 is 12.4 Å². The van der Waals surface area contributed by atoms with Crippen LogP contribution in [0, 0.1) is 40.9 Å². The Morgan fingerprint density at radius 3 is 1.84 bits per heavy atom. The van der Waals surface area contributed by atoms with Crippen LogP contribution in [-0.4, -0.2) is 295 Å². The van der Waals surface area contributed by atoms with E-state index in [-0.39, 0.29) is 103 Å². The number of rotatable bonds is 15. The molecule has 0 aromatic carbocycles. The van der Waals surface area contributed by atoms with Crippen molar-refractivity contribution in [1.82, 2.24) is 60.0 Å². The van der Waals surface area contributed by atoms with E-state index in [2.05, 4.69) is 16.0 Å². The van der Waals surface area contributed by atoms with E-state index in [0.29, 0.717) is 37.0 Å². The van der Waals surface area contributed by atoms with Gasteiger partial charge in [-0.3, -0.25) is 57.5 Å². The van der Waals surface area contributed by atoms with Crippen LogP contribution >= 0.6 is 0 Å². The fraction of sp³-hybridized carbons (Fsp3) is 0.818. The molecule has 3 heterocycles. The predicted molar refractivity (Wildman–Crippen MR) is 391 cm³/mol. The van der Waals surface area contributed by atoms with Crippen molar-refractivity contribution >= 4 is 70.9 Å². The molecule has 3 aliphatic heterocycles. The third-order valence-electron chi connectivity index (χ3n) is 24.5. The van der Waals surface area contributed by atoms with Gasteiger partial charge in [-0.15, -0.1) is 0 Å². The molecular weight excluding hydrogens is 1490 g/mol. The molecule has 2 saturated heterocycles. The second-order valence-electron chi connectivity index (χ2n) is 33.3. The largest absolute Gasteiger partial charge is 0.397 e. The van der Waals surface area contributed by atoms with Crippen LogP contribution in [0.5, 0.6) is 0 Å². The van der Waals surface area contributed by atoms with E-state index in [1.165, 1.54) is 57.0 Å². The standard InChI is InChI=1S/C77H118F10N12O13/c1-14-31-91(7)68(106)56-38-60(101)95(11)54(37-58(80)81)65(103)89-63(44(4)15-2)71(109)93(9)41-61(102)94(10)53-24-18-17-21-32-98(70(53)108)57(35-45-25-28-48(29-26-45)76(82,83)84)69(107)92(8)40-59(100)88-52(30-27-46-33-50(78)62(51(79)34-46)77(85,86)87)67(105)99-39-49(112-16-3)36-55(99)66(104)90-75(42-74(5,6)43-75)73(111)97(13)64(72(110)96(56)12)47-22-19-20-23-47/h17-18,44-58,62-64H,14-16,19-43H2,1-13H3,(H,88,100)(H,89,103)(H,90,104)/b18-17-/t44-,45?,46?,48?,49+,50?,51?,52-,53-,54-,55-,56-,57-,62?,63-,64-/m0/s1. The van der Waals surface area contributed by atoms with Gasteiger partial charge in [0.05, 0.1) is 31.5 Å². The molecule has 4 saturated carbocycles. The fourth-order valence-corrected chi connectivity index (χ4v) is 18.1. The average molecular weight is 1610 g/mol. The zero-order valence-corrected chi connectivity index (χ0v) is 67.0. The van der Waals surface area contributed by atoms with Crippen LogP contribution in [0.1, 0.15) is 183 Å². The quantitative estimate of drug-likeness (QED) is 0.107. The minimum absolute atomic E-state index is 0.0402. The number of carbonyl (C=O) groups excluding carboxylic acids is 12. The van der Waals surface area contributed by atoms with Crippen molar-refractivity contribution < 1.29 is 106 Å². The molecule has 3 N–H and O–H groups in total. The van der Waals surface area contributed by atoms with Crippen LogP contribution in [0.15, 0.2) is 12.2 Å². The Bertz CT molecular complexity index is 3360. The summed E-state index contributed by atoms with van der Waals surface area (Å²) in [5.74, 6) is -18.8. The molecule has 0 aromatic rings. The molecule has 25 nitrogen and oxygen atoms in total. The highest BCUT2D eigenvalue weighted by Crippen LogP contribution is 2.50. The zero-order valence-electron chi connectivity index (χ0n) is 67.0. The van der Waals surface area contributed by atoms with Gasteiger partial charge in [-0.05, 0) is 139 Å². The summed E-state index contributed by atoms with van der Waals surface area (Å²) in [6.45, 7) is 8.20. The van der Waals surface area contributed by atoms with Crippen LogP contribution in [-0.2, 0) is 62.3 Å². The van der Waals surface area contributed by atoms with Crippen molar-refractivity contribution in [2.45, 2.75) is 274 Å². The number of likely N-dealkylation sites (N-methyl/N-ethyl adjacent to an activating group) is 7. The van der Waals surface area contributed by atoms with Gasteiger partial charge in [-0.25, -0.2) is 17.6 Å². The number of alkyl halides is 10. The third-order valence-corrected chi connectivity index (χ3v) is 24.5. The van der Waals surface area contributed by atoms with Gasteiger partial charge in [0.15, 0.2) is 0 Å². The molecule has 4 aliphatic carbocycles. The van der Waals surface area contributed by atoms with Gasteiger partial charge in [0, 0.05) is 88.4 Å². The summed E-state index contributed by atoms with van der Waals surface area (Å²) in [4.78, 5) is 191. The molecule has 7 aliphatic rings. The van der Waals surface area contributed by atoms with Gasteiger partial charge in [-0.2, -0.15) is 26.3 Å². The highest BCUT2D eigenvalue weighted by Gasteiger charge is 2.60. The lowest BCUT2D eigenvalue weighted by Gasteiger charge is -2.54. The summed E-state index contributed by atoms with van der Waals surface area (Å²) >= 11 is 0. The van der Waals surface area contributed by atoms with Crippen LogP contribution in [0.4, 0.5) is 43.9 Å². The number of fused-ring (bicyclic) bond motifs is 3. The molecule has 0 radical (unpaired) electrons. The predicted octanol–water partition coefficient (Wildman–Crippen LogP) is 7.38. The Morgan fingerprint density at radius 2 is 1.28 bits per heavy atom. The van der Waals surface area contributed by atoms with Crippen molar-refractivity contribution in [3.05, 3.63) is 12.2 Å². The Hall–Kier alpha value is -7.36. The van der Waals surface area contributed by atoms with Crippen LogP contribution in [0.25, 0.3) is 0 Å². The second kappa shape index (κ2) is 38.9. The van der Waals surface area contributed by atoms with E-state index in [9.17, 15) is 63.9 Å². The van der Waals surface area contributed by atoms with E-state index in [0.717, 1.165) is 31.5 Å². The number of ether oxygens (including phenoxy) is 1. The van der Waals surface area contributed by atoms with Gasteiger partial charge in [-0.1, -0.05) is 66.0 Å². The first-order chi connectivity index (χ1) is 52.3. The fourth-order valence-electron chi connectivity index (χ4n) is 18.1. The SMILES string of the molecule is CCCN(C)C(=O)[C@@H]1CC(=O)N(C)[C@@H](CC(F)F)C(=O)N[C@@H]([C@@H](C)CC)C(=O)N(C)CC(=O)N(C)[C@H]2C/C=C\CCN(C2=O)[C@@H](CC2CCC(C(F)(F)F)CC2)C(=O)N(C)CC(=O)N[C@@H](CCC2CC(F)C(C(F)(F)F)C(F)C2)C(=O)N2C[C@H](OCC)C[C@H]2C(=O)NC2(CC(C)(C)C2)C(=O)N(C)[C@@H](C2CCCC2)C(=O)N1C. The first kappa shape index (κ1) is 91.8. The number of amides is 12. The average Bonchev–Trinajstić information content (AvgIpc) is 0.935. The van der Waals surface area contributed by atoms with Crippen LogP contribution in [0.3, 0.4) is 0 Å². The van der Waals surface area contributed by atoms with E-state index >= 15 is 37.5 Å². The molecule has 2 unspecified atom stereocenters. The lowest BCUT2D eigenvalue weighted by Crippen LogP contribution is -2.71.